The molecule has 25 heavy (non-hydrogen) atoms. The monoisotopic (exact) mass is 362 g/mol. The Kier molecular flexibility index (Phi) is 5.14. The Bertz CT molecular complexity index is 854. The highest BCUT2D eigenvalue weighted by Crippen LogP contribution is 2.20. The van der Waals surface area contributed by atoms with Crippen molar-refractivity contribution in [3.05, 3.63) is 58.8 Å². The van der Waals surface area contributed by atoms with Crippen molar-refractivity contribution in [3.8, 4) is 11.3 Å². The molecule has 0 saturated heterocycles. The van der Waals surface area contributed by atoms with Gasteiger partial charge in [-0.05, 0) is 37.6 Å². The summed E-state index contributed by atoms with van der Waals surface area (Å²) in [5, 5.41) is 11.4. The van der Waals surface area contributed by atoms with Gasteiger partial charge in [0.05, 0.1) is 10.7 Å². The molecule has 0 aliphatic carbocycles. The fourth-order valence-corrected chi connectivity index (χ4v) is 2.42. The van der Waals surface area contributed by atoms with Crippen LogP contribution < -0.4 is 5.32 Å². The van der Waals surface area contributed by atoms with Crippen molar-refractivity contribution in [2.75, 3.05) is 6.54 Å². The van der Waals surface area contributed by atoms with Gasteiger partial charge in [-0.1, -0.05) is 16.8 Å². The number of amides is 1. The highest BCUT2D eigenvalue weighted by molar-refractivity contribution is 6.31. The largest absolute Gasteiger partial charge is 0.355 e. The van der Waals surface area contributed by atoms with Crippen LogP contribution in [0.1, 0.15) is 22.6 Å². The van der Waals surface area contributed by atoms with Crippen molar-refractivity contribution in [2.45, 2.75) is 19.9 Å². The summed E-state index contributed by atoms with van der Waals surface area (Å²) in [7, 11) is 0. The van der Waals surface area contributed by atoms with Gasteiger partial charge in [-0.2, -0.15) is 5.10 Å². The highest BCUT2D eigenvalue weighted by atomic mass is 35.5. The molecule has 1 N–H and O–H groups in total. The minimum Gasteiger partial charge on any atom is -0.355 e. The molecule has 0 bridgehead atoms. The maximum atomic E-state index is 12.9. The van der Waals surface area contributed by atoms with Crippen LogP contribution in [0.15, 0.2) is 41.1 Å². The predicted molar refractivity (Wildman–Crippen MR) is 90.8 cm³/mol. The lowest BCUT2D eigenvalue weighted by Crippen LogP contribution is -2.25. The number of rotatable bonds is 6. The fourth-order valence-electron chi connectivity index (χ4n) is 2.27. The van der Waals surface area contributed by atoms with Crippen molar-refractivity contribution < 1.29 is 13.7 Å². The van der Waals surface area contributed by atoms with Crippen LogP contribution in [0.2, 0.25) is 5.02 Å². The van der Waals surface area contributed by atoms with Gasteiger partial charge >= 0.3 is 0 Å². The SMILES string of the molecule is Cc1nn(CCCNC(=O)c2cc(-c3ccc(F)cc3)on2)cc1Cl. The van der Waals surface area contributed by atoms with E-state index in [1.165, 1.54) is 18.2 Å². The van der Waals surface area contributed by atoms with Gasteiger partial charge in [0, 0.05) is 30.9 Å². The van der Waals surface area contributed by atoms with E-state index in [1.807, 2.05) is 6.92 Å². The van der Waals surface area contributed by atoms with Crippen LogP contribution in [0.5, 0.6) is 0 Å². The molecule has 3 rings (SSSR count). The lowest BCUT2D eigenvalue weighted by Gasteiger charge is -2.03. The Balaban J connectivity index is 1.51. The molecular formula is C17H16ClFN4O2. The lowest BCUT2D eigenvalue weighted by atomic mass is 10.1. The van der Waals surface area contributed by atoms with E-state index in [1.54, 1.807) is 23.0 Å². The highest BCUT2D eigenvalue weighted by Gasteiger charge is 2.13. The number of hydrogen-bond donors (Lipinski definition) is 1. The molecule has 6 nitrogen and oxygen atoms in total. The van der Waals surface area contributed by atoms with Crippen molar-refractivity contribution >= 4 is 17.5 Å². The average Bonchev–Trinajstić information content (AvgIpc) is 3.20. The zero-order valence-corrected chi connectivity index (χ0v) is 14.3. The third kappa shape index (κ3) is 4.24. The van der Waals surface area contributed by atoms with E-state index in [-0.39, 0.29) is 17.4 Å². The Morgan fingerprint density at radius 2 is 2.12 bits per heavy atom. The molecule has 3 aromatic rings. The summed E-state index contributed by atoms with van der Waals surface area (Å²) in [6.45, 7) is 2.95. The molecule has 0 spiro atoms. The quantitative estimate of drug-likeness (QED) is 0.681. The molecule has 0 radical (unpaired) electrons. The second-order valence-corrected chi connectivity index (χ2v) is 5.93. The zero-order valence-electron chi connectivity index (χ0n) is 13.5. The molecule has 0 aliphatic rings. The first-order valence-electron chi connectivity index (χ1n) is 7.73. The number of aryl methyl sites for hydroxylation is 2. The predicted octanol–water partition coefficient (Wildman–Crippen LogP) is 3.46. The van der Waals surface area contributed by atoms with Gasteiger partial charge in [-0.3, -0.25) is 9.48 Å². The summed E-state index contributed by atoms with van der Waals surface area (Å²) in [6, 6.07) is 7.30. The summed E-state index contributed by atoms with van der Waals surface area (Å²) in [5.74, 6) is -0.256. The van der Waals surface area contributed by atoms with E-state index >= 15 is 0 Å². The summed E-state index contributed by atoms with van der Waals surface area (Å²) in [6.07, 6.45) is 2.46. The number of aromatic nitrogens is 3. The van der Waals surface area contributed by atoms with Gasteiger partial charge in [0.2, 0.25) is 0 Å². The number of hydrogen-bond acceptors (Lipinski definition) is 4. The molecule has 1 aromatic carbocycles. The van der Waals surface area contributed by atoms with Crippen LogP contribution in [0.4, 0.5) is 4.39 Å². The first kappa shape index (κ1) is 17.2. The van der Waals surface area contributed by atoms with E-state index in [2.05, 4.69) is 15.6 Å². The Morgan fingerprint density at radius 1 is 1.36 bits per heavy atom. The van der Waals surface area contributed by atoms with Crippen LogP contribution >= 0.6 is 11.6 Å². The van der Waals surface area contributed by atoms with E-state index in [4.69, 9.17) is 16.1 Å². The maximum absolute atomic E-state index is 12.9. The van der Waals surface area contributed by atoms with Crippen LogP contribution in [0.3, 0.4) is 0 Å². The van der Waals surface area contributed by atoms with Crippen molar-refractivity contribution in [1.29, 1.82) is 0 Å². The number of nitrogens with one attached hydrogen (secondary N) is 1. The van der Waals surface area contributed by atoms with E-state index in [0.29, 0.717) is 35.9 Å². The first-order chi connectivity index (χ1) is 12.0. The van der Waals surface area contributed by atoms with Gasteiger partial charge in [0.15, 0.2) is 11.5 Å². The summed E-state index contributed by atoms with van der Waals surface area (Å²) >= 11 is 5.94. The van der Waals surface area contributed by atoms with Crippen LogP contribution in [-0.4, -0.2) is 27.4 Å². The van der Waals surface area contributed by atoms with E-state index in [9.17, 15) is 9.18 Å². The smallest absolute Gasteiger partial charge is 0.273 e. The lowest BCUT2D eigenvalue weighted by molar-refractivity contribution is 0.0943. The summed E-state index contributed by atoms with van der Waals surface area (Å²) in [5.41, 5.74) is 1.61. The second kappa shape index (κ2) is 7.48. The standard InChI is InChI=1S/C17H16ClFN4O2/c1-11-14(18)10-23(21-11)8-2-7-20-17(24)15-9-16(25-22-15)12-3-5-13(19)6-4-12/h3-6,9-10H,2,7-8H2,1H3,(H,20,24). The topological polar surface area (TPSA) is 73.0 Å². The van der Waals surface area contributed by atoms with E-state index in [0.717, 1.165) is 5.69 Å². The van der Waals surface area contributed by atoms with Crippen LogP contribution in [0.25, 0.3) is 11.3 Å². The van der Waals surface area contributed by atoms with Gasteiger partial charge in [-0.25, -0.2) is 4.39 Å². The number of nitrogens with zero attached hydrogens (tertiary/aromatic N) is 3. The van der Waals surface area contributed by atoms with Crippen molar-refractivity contribution in [3.63, 3.8) is 0 Å². The molecule has 1 amide bonds. The minimum atomic E-state index is -0.338. The Hall–Kier alpha value is -2.67. The van der Waals surface area contributed by atoms with Gasteiger partial charge in [0.1, 0.15) is 5.82 Å². The van der Waals surface area contributed by atoms with Crippen LogP contribution in [0, 0.1) is 12.7 Å². The molecule has 0 unspecified atom stereocenters. The molecule has 8 heteroatoms. The average molecular weight is 363 g/mol. The Morgan fingerprint density at radius 3 is 2.80 bits per heavy atom. The molecule has 0 saturated carbocycles. The Labute approximate surface area is 148 Å². The van der Waals surface area contributed by atoms with E-state index < -0.39 is 0 Å². The van der Waals surface area contributed by atoms with Gasteiger partial charge < -0.3 is 9.84 Å². The van der Waals surface area contributed by atoms with Crippen molar-refractivity contribution in [1.82, 2.24) is 20.3 Å². The number of carbonyl (C=O) groups is 1. The maximum Gasteiger partial charge on any atom is 0.273 e. The van der Waals surface area contributed by atoms with Crippen molar-refractivity contribution in [2.24, 2.45) is 0 Å². The fraction of sp³-hybridized carbons (Fsp3) is 0.235. The number of halogens is 2. The molecule has 0 aliphatic heterocycles. The van der Waals surface area contributed by atoms with Gasteiger partial charge in [0.25, 0.3) is 5.91 Å². The molecular weight excluding hydrogens is 347 g/mol. The third-order valence-electron chi connectivity index (χ3n) is 3.61. The molecule has 2 aromatic heterocycles. The molecule has 0 atom stereocenters. The third-order valence-corrected chi connectivity index (χ3v) is 3.98. The normalized spacial score (nSPS) is 10.8. The summed E-state index contributed by atoms with van der Waals surface area (Å²) in [4.78, 5) is 12.1. The number of benzene rings is 1. The zero-order chi connectivity index (χ0) is 17.8. The minimum absolute atomic E-state index is 0.178. The summed E-state index contributed by atoms with van der Waals surface area (Å²) < 4.78 is 19.8. The number of carbonyl (C=O) groups excluding carboxylic acids is 1. The van der Waals surface area contributed by atoms with Gasteiger partial charge in [-0.15, -0.1) is 0 Å². The molecule has 2 heterocycles. The van der Waals surface area contributed by atoms with Crippen LogP contribution in [-0.2, 0) is 6.54 Å². The first-order valence-corrected chi connectivity index (χ1v) is 8.11. The molecule has 130 valence electrons. The second-order valence-electron chi connectivity index (χ2n) is 5.52. The molecule has 0 fully saturated rings.